The van der Waals surface area contributed by atoms with Crippen molar-refractivity contribution in [1.29, 1.82) is 0 Å². The molecule has 2 aliphatic heterocycles. The minimum absolute atomic E-state index is 0.0152. The topological polar surface area (TPSA) is 75.2 Å². The Morgan fingerprint density at radius 2 is 1.63 bits per heavy atom. The highest BCUT2D eigenvalue weighted by Crippen LogP contribution is 2.42. The number of nitrogens with zero attached hydrogens (tertiary/aromatic N) is 4. The van der Waals surface area contributed by atoms with E-state index in [1.54, 1.807) is 32.5 Å². The third-order valence-electron chi connectivity index (χ3n) is 7.40. The number of amides is 3. The van der Waals surface area contributed by atoms with Crippen molar-refractivity contribution < 1.29 is 32.2 Å². The molecule has 4 aromatic rings. The minimum atomic E-state index is -4.57. The van der Waals surface area contributed by atoms with E-state index >= 15 is 0 Å². The van der Waals surface area contributed by atoms with Crippen LogP contribution in [0.4, 0.5) is 40.7 Å². The molecule has 3 amide bonds. The number of anilines is 4. The molecule has 0 unspecified atom stereocenters. The Bertz CT molecular complexity index is 1690. The first-order valence-electron chi connectivity index (χ1n) is 12.9. The van der Waals surface area contributed by atoms with Gasteiger partial charge in [0.15, 0.2) is 11.5 Å². The monoisotopic (exact) mass is 562 g/mol. The smallest absolute Gasteiger partial charge is 0.416 e. The third-order valence-corrected chi connectivity index (χ3v) is 7.40. The number of carbonyl (C=O) groups is 2. The van der Waals surface area contributed by atoms with Crippen molar-refractivity contribution >= 4 is 45.6 Å². The number of halogens is 3. The number of imide groups is 1. The number of urea groups is 1. The molecule has 0 aliphatic carbocycles. The summed E-state index contributed by atoms with van der Waals surface area (Å²) in [4.78, 5) is 35.0. The van der Waals surface area contributed by atoms with Gasteiger partial charge in [-0.3, -0.25) is 14.7 Å². The van der Waals surface area contributed by atoms with Gasteiger partial charge in [-0.25, -0.2) is 9.69 Å². The molecule has 0 radical (unpaired) electrons. The van der Waals surface area contributed by atoms with Crippen molar-refractivity contribution in [3.63, 3.8) is 0 Å². The summed E-state index contributed by atoms with van der Waals surface area (Å²) in [6.07, 6.45) is -1.28. The summed E-state index contributed by atoms with van der Waals surface area (Å²) in [5.41, 5.74) is 3.04. The zero-order chi connectivity index (χ0) is 28.9. The van der Waals surface area contributed by atoms with Crippen LogP contribution in [-0.2, 0) is 17.4 Å². The number of aryl methyl sites for hydroxylation is 1. The van der Waals surface area contributed by atoms with E-state index in [1.807, 2.05) is 24.3 Å². The van der Waals surface area contributed by atoms with Crippen molar-refractivity contribution in [2.75, 3.05) is 42.0 Å². The van der Waals surface area contributed by atoms with Gasteiger partial charge in [-0.1, -0.05) is 6.07 Å². The zero-order valence-corrected chi connectivity index (χ0v) is 22.2. The first-order valence-corrected chi connectivity index (χ1v) is 12.9. The number of hydrogen-bond acceptors (Lipinski definition) is 6. The molecule has 3 heterocycles. The van der Waals surface area contributed by atoms with Gasteiger partial charge in [0, 0.05) is 35.6 Å². The maximum absolute atomic E-state index is 13.3. The van der Waals surface area contributed by atoms with Gasteiger partial charge in [0.2, 0.25) is 0 Å². The number of hydrogen-bond donors (Lipinski definition) is 0. The van der Waals surface area contributed by atoms with E-state index in [9.17, 15) is 22.8 Å². The molecular formula is C30H25F3N4O4. The summed E-state index contributed by atoms with van der Waals surface area (Å²) in [6.45, 7) is 0.391. The molecular weight excluding hydrogens is 537 g/mol. The fraction of sp³-hybridized carbons (Fsp3) is 0.233. The van der Waals surface area contributed by atoms with Gasteiger partial charge >= 0.3 is 12.2 Å². The number of methoxy groups -OCH3 is 2. The van der Waals surface area contributed by atoms with Crippen LogP contribution < -0.4 is 24.2 Å². The lowest BCUT2D eigenvalue weighted by Crippen LogP contribution is -2.33. The van der Waals surface area contributed by atoms with Gasteiger partial charge < -0.3 is 14.4 Å². The van der Waals surface area contributed by atoms with Crippen LogP contribution in [0.3, 0.4) is 0 Å². The largest absolute Gasteiger partial charge is 0.493 e. The van der Waals surface area contributed by atoms with Crippen LogP contribution in [0, 0.1) is 0 Å². The molecule has 1 fully saturated rings. The van der Waals surface area contributed by atoms with Gasteiger partial charge in [-0.05, 0) is 66.9 Å². The lowest BCUT2D eigenvalue weighted by atomic mass is 9.99. The predicted octanol–water partition coefficient (Wildman–Crippen LogP) is 6.33. The van der Waals surface area contributed by atoms with Crippen LogP contribution in [0.15, 0.2) is 66.9 Å². The molecule has 0 saturated carbocycles. The maximum atomic E-state index is 13.3. The summed E-state index contributed by atoms with van der Waals surface area (Å²) >= 11 is 0. The lowest BCUT2D eigenvalue weighted by Gasteiger charge is -2.33. The van der Waals surface area contributed by atoms with Crippen LogP contribution in [0.5, 0.6) is 11.5 Å². The van der Waals surface area contributed by atoms with Crippen molar-refractivity contribution in [1.82, 2.24) is 4.98 Å². The number of rotatable bonds is 5. The average Bonchev–Trinajstić information content (AvgIpc) is 3.28. The number of fused-ring (bicyclic) bond motifs is 2. The molecule has 0 bridgehead atoms. The molecule has 1 aromatic heterocycles. The van der Waals surface area contributed by atoms with Crippen LogP contribution in [-0.4, -0.2) is 44.2 Å². The standard InChI is InChI=1S/C30H25F3N4O4/c1-40-26-15-22-23(16-27(26)41-2)34-11-10-25(22)35-12-4-5-18-13-21(8-9-24(18)35)37-28(38)17-36(29(37)39)20-7-3-6-19(14-20)30(31,32)33/h3,6-11,13-16H,4-5,12,17H2,1-2H3. The van der Waals surface area contributed by atoms with Gasteiger partial charge in [-0.2, -0.15) is 13.2 Å². The van der Waals surface area contributed by atoms with Crippen LogP contribution in [0.1, 0.15) is 17.5 Å². The summed E-state index contributed by atoms with van der Waals surface area (Å²) in [5.74, 6) is 0.645. The normalized spacial score (nSPS) is 15.5. The molecule has 0 N–H and O–H groups in total. The quantitative estimate of drug-likeness (QED) is 0.265. The van der Waals surface area contributed by atoms with Crippen LogP contribution >= 0.6 is 0 Å². The Morgan fingerprint density at radius 3 is 2.39 bits per heavy atom. The highest BCUT2D eigenvalue weighted by molar-refractivity contribution is 6.27. The first kappa shape index (κ1) is 26.4. The highest BCUT2D eigenvalue weighted by Gasteiger charge is 2.39. The van der Waals surface area contributed by atoms with Crippen LogP contribution in [0.25, 0.3) is 10.9 Å². The van der Waals surface area contributed by atoms with Crippen LogP contribution in [0.2, 0.25) is 0 Å². The summed E-state index contributed by atoms with van der Waals surface area (Å²) in [6, 6.07) is 14.7. The van der Waals surface area contributed by atoms with E-state index in [1.165, 1.54) is 12.1 Å². The molecule has 210 valence electrons. The minimum Gasteiger partial charge on any atom is -0.493 e. The number of benzene rings is 3. The number of pyridine rings is 1. The van der Waals surface area contributed by atoms with Gasteiger partial charge in [0.05, 0.1) is 36.7 Å². The van der Waals surface area contributed by atoms with Gasteiger partial charge in [0.1, 0.15) is 6.54 Å². The second-order valence-electron chi connectivity index (χ2n) is 9.77. The fourth-order valence-electron chi connectivity index (χ4n) is 5.47. The van der Waals surface area contributed by atoms with E-state index in [2.05, 4.69) is 9.88 Å². The first-order chi connectivity index (χ1) is 19.7. The Kier molecular flexibility index (Phi) is 6.44. The second-order valence-corrected chi connectivity index (χ2v) is 9.77. The second kappa shape index (κ2) is 9.99. The number of alkyl halides is 3. The van der Waals surface area contributed by atoms with E-state index in [0.717, 1.165) is 69.2 Å². The lowest BCUT2D eigenvalue weighted by molar-refractivity contribution is -0.137. The van der Waals surface area contributed by atoms with E-state index in [4.69, 9.17) is 9.47 Å². The molecule has 11 heteroatoms. The Balaban J connectivity index is 1.34. The molecule has 2 aliphatic rings. The highest BCUT2D eigenvalue weighted by atomic mass is 19.4. The molecule has 41 heavy (non-hydrogen) atoms. The SMILES string of the molecule is COc1cc2nccc(N3CCCc4cc(N5C(=O)CN(c6cccc(C(F)(F)F)c6)C5=O)ccc43)c2cc1OC. The average molecular weight is 563 g/mol. The van der Waals surface area contributed by atoms with Gasteiger partial charge in [-0.15, -0.1) is 0 Å². The van der Waals surface area contributed by atoms with Gasteiger partial charge in [0.25, 0.3) is 5.91 Å². The van der Waals surface area contributed by atoms with E-state index in [-0.39, 0.29) is 12.2 Å². The van der Waals surface area contributed by atoms with Crippen molar-refractivity contribution in [3.05, 3.63) is 78.0 Å². The molecule has 0 spiro atoms. The van der Waals surface area contributed by atoms with Crippen molar-refractivity contribution in [3.8, 4) is 11.5 Å². The summed E-state index contributed by atoms with van der Waals surface area (Å²) in [7, 11) is 3.15. The van der Waals surface area contributed by atoms with E-state index in [0.29, 0.717) is 17.2 Å². The number of ether oxygens (including phenoxy) is 2. The molecule has 0 atom stereocenters. The molecule has 8 nitrogen and oxygen atoms in total. The summed E-state index contributed by atoms with van der Waals surface area (Å²) < 4.78 is 50.7. The Hall–Kier alpha value is -4.80. The predicted molar refractivity (Wildman–Crippen MR) is 148 cm³/mol. The molecule has 3 aromatic carbocycles. The van der Waals surface area contributed by atoms with Crippen molar-refractivity contribution in [2.24, 2.45) is 0 Å². The van der Waals surface area contributed by atoms with Crippen molar-refractivity contribution in [2.45, 2.75) is 19.0 Å². The zero-order valence-electron chi connectivity index (χ0n) is 22.2. The molecule has 1 saturated heterocycles. The third kappa shape index (κ3) is 4.56. The molecule has 6 rings (SSSR count). The Labute approximate surface area is 233 Å². The fourth-order valence-corrected chi connectivity index (χ4v) is 5.47. The Morgan fingerprint density at radius 1 is 0.854 bits per heavy atom. The van der Waals surface area contributed by atoms with E-state index < -0.39 is 23.7 Å². The number of carbonyl (C=O) groups excluding carboxylic acids is 2. The number of aromatic nitrogens is 1. The maximum Gasteiger partial charge on any atom is 0.416 e. The summed E-state index contributed by atoms with van der Waals surface area (Å²) in [5, 5.41) is 0.878.